The zero-order valence-corrected chi connectivity index (χ0v) is 17.1. The Labute approximate surface area is 170 Å². The Bertz CT molecular complexity index is 670. The van der Waals surface area contributed by atoms with Gasteiger partial charge in [0.25, 0.3) is 6.47 Å². The molecule has 0 saturated carbocycles. The van der Waals surface area contributed by atoms with Crippen LogP contribution >= 0.6 is 0 Å². The van der Waals surface area contributed by atoms with Crippen LogP contribution in [0.25, 0.3) is 0 Å². The largest absolute Gasteiger partial charge is 0.494 e. The van der Waals surface area contributed by atoms with Crippen LogP contribution in [0.15, 0.2) is 18.2 Å². The predicted molar refractivity (Wildman–Crippen MR) is 109 cm³/mol. The van der Waals surface area contributed by atoms with Gasteiger partial charge in [-0.1, -0.05) is 0 Å². The van der Waals surface area contributed by atoms with Crippen molar-refractivity contribution in [1.29, 1.82) is 0 Å². The summed E-state index contributed by atoms with van der Waals surface area (Å²) in [6.45, 7) is 3.92. The van der Waals surface area contributed by atoms with Crippen LogP contribution in [0, 0.1) is 0 Å². The molecular weight excluding hydrogens is 380 g/mol. The number of carbonyl (C=O) groups excluding carboxylic acids is 2. The van der Waals surface area contributed by atoms with Crippen molar-refractivity contribution in [2.75, 3.05) is 71.2 Å². The number of rotatable bonds is 7. The SMILES string of the molecule is COCC(=O)Nc1ccc(NC(=O)CN2CCCN(C)CC2)cc1OC.O=CO. The highest BCUT2D eigenvalue weighted by molar-refractivity contribution is 5.95. The van der Waals surface area contributed by atoms with Gasteiger partial charge in [-0.25, -0.2) is 0 Å². The maximum atomic E-state index is 12.3. The lowest BCUT2D eigenvalue weighted by molar-refractivity contribution is -0.123. The summed E-state index contributed by atoms with van der Waals surface area (Å²) in [5, 5.41) is 12.5. The monoisotopic (exact) mass is 410 g/mol. The molecule has 10 nitrogen and oxygen atoms in total. The topological polar surface area (TPSA) is 120 Å². The molecule has 1 heterocycles. The number of likely N-dealkylation sites (N-methyl/N-ethyl adjacent to an activating group) is 1. The number of methoxy groups -OCH3 is 2. The Morgan fingerprint density at radius 3 is 2.52 bits per heavy atom. The molecule has 0 aromatic heterocycles. The molecule has 1 aromatic carbocycles. The van der Waals surface area contributed by atoms with Gasteiger partial charge in [0.15, 0.2) is 0 Å². The van der Waals surface area contributed by atoms with Gasteiger partial charge in [0.05, 0.1) is 19.3 Å². The first-order valence-corrected chi connectivity index (χ1v) is 9.18. The van der Waals surface area contributed by atoms with Gasteiger partial charge in [0.1, 0.15) is 12.4 Å². The number of carboxylic acid groups (broad SMARTS) is 1. The zero-order chi connectivity index (χ0) is 21.6. The van der Waals surface area contributed by atoms with Gasteiger partial charge in [-0.2, -0.15) is 0 Å². The Hall–Kier alpha value is -2.69. The minimum Gasteiger partial charge on any atom is -0.494 e. The molecule has 3 N–H and O–H groups in total. The third-order valence-electron chi connectivity index (χ3n) is 4.21. The Kier molecular flexibility index (Phi) is 11.3. The van der Waals surface area contributed by atoms with Crippen molar-refractivity contribution in [3.05, 3.63) is 18.2 Å². The maximum Gasteiger partial charge on any atom is 0.290 e. The van der Waals surface area contributed by atoms with Crippen LogP contribution in [0.2, 0.25) is 0 Å². The van der Waals surface area contributed by atoms with Gasteiger partial charge >= 0.3 is 0 Å². The number of benzene rings is 1. The molecule has 1 saturated heterocycles. The quantitative estimate of drug-likeness (QED) is 0.558. The molecule has 162 valence electrons. The van der Waals surface area contributed by atoms with Crippen molar-refractivity contribution in [3.63, 3.8) is 0 Å². The van der Waals surface area contributed by atoms with Gasteiger partial charge in [-0.15, -0.1) is 0 Å². The molecule has 0 radical (unpaired) electrons. The molecule has 0 bridgehead atoms. The van der Waals surface area contributed by atoms with Crippen LogP contribution in [0.3, 0.4) is 0 Å². The van der Waals surface area contributed by atoms with Crippen LogP contribution in [-0.4, -0.2) is 93.8 Å². The zero-order valence-electron chi connectivity index (χ0n) is 17.1. The highest BCUT2D eigenvalue weighted by atomic mass is 16.5. The van der Waals surface area contributed by atoms with Crippen LogP contribution in [0.1, 0.15) is 6.42 Å². The van der Waals surface area contributed by atoms with E-state index >= 15 is 0 Å². The van der Waals surface area contributed by atoms with Crippen molar-refractivity contribution in [2.45, 2.75) is 6.42 Å². The summed E-state index contributed by atoms with van der Waals surface area (Å²) in [5.74, 6) is 0.144. The lowest BCUT2D eigenvalue weighted by Gasteiger charge is -2.19. The van der Waals surface area contributed by atoms with E-state index in [1.807, 2.05) is 0 Å². The molecule has 2 rings (SSSR count). The average molecular weight is 410 g/mol. The number of nitrogens with one attached hydrogen (secondary N) is 2. The van der Waals surface area contributed by atoms with E-state index in [2.05, 4.69) is 27.5 Å². The average Bonchev–Trinajstić information content (AvgIpc) is 2.88. The second-order valence-corrected chi connectivity index (χ2v) is 6.48. The third-order valence-corrected chi connectivity index (χ3v) is 4.21. The summed E-state index contributed by atoms with van der Waals surface area (Å²) in [7, 11) is 5.07. The van der Waals surface area contributed by atoms with Crippen molar-refractivity contribution < 1.29 is 29.0 Å². The van der Waals surface area contributed by atoms with E-state index in [9.17, 15) is 9.59 Å². The molecule has 1 aliphatic heterocycles. The lowest BCUT2D eigenvalue weighted by Crippen LogP contribution is -2.35. The molecule has 0 atom stereocenters. The summed E-state index contributed by atoms with van der Waals surface area (Å²) >= 11 is 0. The fourth-order valence-electron chi connectivity index (χ4n) is 2.85. The second-order valence-electron chi connectivity index (χ2n) is 6.48. The molecule has 1 fully saturated rings. The van der Waals surface area contributed by atoms with Crippen molar-refractivity contribution >= 4 is 29.7 Å². The van der Waals surface area contributed by atoms with Crippen LogP contribution in [0.4, 0.5) is 11.4 Å². The third kappa shape index (κ3) is 9.37. The van der Waals surface area contributed by atoms with Gasteiger partial charge in [-0.3, -0.25) is 19.3 Å². The Morgan fingerprint density at radius 1 is 1.14 bits per heavy atom. The van der Waals surface area contributed by atoms with Crippen molar-refractivity contribution in [1.82, 2.24) is 9.80 Å². The van der Waals surface area contributed by atoms with Crippen molar-refractivity contribution in [3.8, 4) is 5.75 Å². The predicted octanol–water partition coefficient (Wildman–Crippen LogP) is 0.557. The van der Waals surface area contributed by atoms with E-state index in [4.69, 9.17) is 19.4 Å². The van der Waals surface area contributed by atoms with Gasteiger partial charge in [0, 0.05) is 32.0 Å². The smallest absolute Gasteiger partial charge is 0.290 e. The van der Waals surface area contributed by atoms with Gasteiger partial charge in [-0.05, 0) is 38.7 Å². The second kappa shape index (κ2) is 13.5. The van der Waals surface area contributed by atoms with Gasteiger partial charge < -0.3 is 30.1 Å². The maximum absolute atomic E-state index is 12.3. The normalized spacial score (nSPS) is 14.7. The molecule has 0 aliphatic carbocycles. The van der Waals surface area contributed by atoms with E-state index in [-0.39, 0.29) is 24.9 Å². The summed E-state index contributed by atoms with van der Waals surface area (Å²) in [5.41, 5.74) is 1.16. The molecule has 1 aliphatic rings. The van der Waals surface area contributed by atoms with E-state index < -0.39 is 0 Å². The fourth-order valence-corrected chi connectivity index (χ4v) is 2.85. The van der Waals surface area contributed by atoms with Crippen LogP contribution in [0.5, 0.6) is 5.75 Å². The van der Waals surface area contributed by atoms with Crippen LogP contribution in [-0.2, 0) is 19.1 Å². The van der Waals surface area contributed by atoms with E-state index in [0.29, 0.717) is 23.7 Å². The summed E-state index contributed by atoms with van der Waals surface area (Å²) in [6, 6.07) is 5.12. The standard InChI is InChI=1S/C18H28N4O4.CH2O2/c1-21-7-4-8-22(10-9-21)12-17(23)19-14-5-6-15(16(11-14)26-3)20-18(24)13-25-2;2-1-3/h5-6,11H,4,7-10,12-13H2,1-3H3,(H,19,23)(H,20,24);1H,(H,2,3). The summed E-state index contributed by atoms with van der Waals surface area (Å²) in [4.78, 5) is 36.8. The van der Waals surface area contributed by atoms with Crippen LogP contribution < -0.4 is 15.4 Å². The first kappa shape index (κ1) is 24.3. The first-order chi connectivity index (χ1) is 13.9. The Balaban J connectivity index is 0.00000132. The van der Waals surface area contributed by atoms with Gasteiger partial charge in [0.2, 0.25) is 11.8 Å². The molecule has 29 heavy (non-hydrogen) atoms. The molecule has 1 aromatic rings. The molecule has 0 spiro atoms. The summed E-state index contributed by atoms with van der Waals surface area (Å²) in [6.07, 6.45) is 1.06. The van der Waals surface area contributed by atoms with E-state index in [1.54, 1.807) is 18.2 Å². The van der Waals surface area contributed by atoms with E-state index in [0.717, 1.165) is 32.6 Å². The highest BCUT2D eigenvalue weighted by Gasteiger charge is 2.16. The molecule has 10 heteroatoms. The number of ether oxygens (including phenoxy) is 2. The number of hydrogen-bond acceptors (Lipinski definition) is 7. The fraction of sp³-hybridized carbons (Fsp3) is 0.526. The number of anilines is 2. The molecule has 0 unspecified atom stereocenters. The van der Waals surface area contributed by atoms with E-state index in [1.165, 1.54) is 14.2 Å². The Morgan fingerprint density at radius 2 is 1.86 bits per heavy atom. The highest BCUT2D eigenvalue weighted by Crippen LogP contribution is 2.28. The van der Waals surface area contributed by atoms with Crippen molar-refractivity contribution in [2.24, 2.45) is 0 Å². The number of amides is 2. The number of carbonyl (C=O) groups is 3. The minimum absolute atomic E-state index is 0.0351. The summed E-state index contributed by atoms with van der Waals surface area (Å²) < 4.78 is 10.1. The lowest BCUT2D eigenvalue weighted by atomic mass is 10.2. The molecular formula is C19H30N4O6. The molecule has 2 amide bonds. The first-order valence-electron chi connectivity index (χ1n) is 9.18. The number of hydrogen-bond donors (Lipinski definition) is 3. The number of nitrogens with zero attached hydrogens (tertiary/aromatic N) is 2. The minimum atomic E-state index is -0.270.